The first-order valence-corrected chi connectivity index (χ1v) is 32.1. The molecule has 0 N–H and O–H groups in total. The molecule has 0 aliphatic carbocycles. The van der Waals surface area contributed by atoms with Gasteiger partial charge in [-0.25, -0.2) is 4.70 Å². The van der Waals surface area contributed by atoms with E-state index in [1.807, 2.05) is 14.4 Å². The van der Waals surface area contributed by atoms with Crippen LogP contribution in [-0.4, -0.2) is 4.70 Å². The molecule has 0 unspecified atom stereocenters. The Morgan fingerprint density at radius 2 is 0.789 bits per heavy atom. The zero-order chi connectivity index (χ0) is 51.7. The van der Waals surface area contributed by atoms with Gasteiger partial charge in [0.2, 0.25) is 11.4 Å². The Kier molecular flexibility index (Phi) is 38.7. The molecule has 71 heavy (non-hydrogen) atoms. The fourth-order valence-corrected chi connectivity index (χ4v) is 11.3. The SMILES string of the molecule is CCCCCCCCCC#CC1=C(c2cc(CCC)c(CC)c(CCC)c2)[N+](=[N-])C(c2cc(CCC)c(CC)c(CCC)c2)=C1C=CCCCCCCCCCCCCCCCCCCC.C[CH2][Ni][CH2]C. The summed E-state index contributed by atoms with van der Waals surface area (Å²) in [5.74, 6) is 7.47. The summed E-state index contributed by atoms with van der Waals surface area (Å²) in [5.41, 5.74) is 27.7. The van der Waals surface area contributed by atoms with Gasteiger partial charge in [0.1, 0.15) is 5.57 Å². The number of rotatable bonds is 40. The van der Waals surface area contributed by atoms with E-state index in [0.717, 1.165) is 117 Å². The molecule has 0 bridgehead atoms. The summed E-state index contributed by atoms with van der Waals surface area (Å²) >= 11 is 1.82. The van der Waals surface area contributed by atoms with Gasteiger partial charge in [0.15, 0.2) is 0 Å². The van der Waals surface area contributed by atoms with E-state index in [1.54, 1.807) is 4.70 Å². The first-order chi connectivity index (χ1) is 34.8. The summed E-state index contributed by atoms with van der Waals surface area (Å²) in [7, 11) is 0. The Morgan fingerprint density at radius 1 is 0.437 bits per heavy atom. The topological polar surface area (TPSA) is 25.3 Å². The molecule has 404 valence electrons. The first kappa shape index (κ1) is 64.4. The molecule has 2 aromatic carbocycles. The number of unbranched alkanes of at least 4 members (excludes halogenated alkanes) is 24. The average molecular weight is 1020 g/mol. The molecular weight excluding hydrogens is 903 g/mol. The Hall–Kier alpha value is -2.69. The molecule has 0 spiro atoms. The standard InChI is InChI=1S/C64H102N2.2C2H5.Ni/c1-9-17-19-21-23-25-26-27-28-29-30-31-32-33-34-36-38-40-42-48-62-61(47-41-39-37-35-24-22-20-18-10-2)63(57-49-53(43-11-3)59(15-7)54(50-57)44-12-4)66(65)64(62)58-51-55(45-13-5)60(16-8)56(52-58)46-14-6;2*1-2;/h42,48-52H,9-40,43-46H2,1-8H3;2*1H2,2H3;. The molecule has 0 fully saturated rings. The van der Waals surface area contributed by atoms with Gasteiger partial charge in [-0.15, -0.1) is 0 Å². The third-order valence-electron chi connectivity index (χ3n) is 14.6. The van der Waals surface area contributed by atoms with Gasteiger partial charge in [-0.05, 0) is 115 Å². The number of hydrogen-bond acceptors (Lipinski definition) is 0. The second kappa shape index (κ2) is 42.6. The maximum absolute atomic E-state index is 12.9. The van der Waals surface area contributed by atoms with Crippen molar-refractivity contribution in [3.05, 3.63) is 97.6 Å². The second-order valence-electron chi connectivity index (χ2n) is 20.7. The molecule has 0 saturated heterocycles. The van der Waals surface area contributed by atoms with Gasteiger partial charge in [-0.1, -0.05) is 246 Å². The molecule has 2 nitrogen and oxygen atoms in total. The van der Waals surface area contributed by atoms with E-state index >= 15 is 0 Å². The predicted molar refractivity (Wildman–Crippen MR) is 314 cm³/mol. The average Bonchev–Trinajstić information content (AvgIpc) is 3.64. The molecule has 0 aromatic heterocycles. The number of nitrogens with zero attached hydrogens (tertiary/aromatic N) is 2. The number of aryl methyl sites for hydroxylation is 4. The van der Waals surface area contributed by atoms with Crippen LogP contribution in [0.1, 0.15) is 306 Å². The van der Waals surface area contributed by atoms with Crippen LogP contribution in [0.25, 0.3) is 16.9 Å². The van der Waals surface area contributed by atoms with E-state index in [1.165, 1.54) is 192 Å². The van der Waals surface area contributed by atoms with E-state index in [0.29, 0.717) is 0 Å². The van der Waals surface area contributed by atoms with Crippen molar-refractivity contribution in [3.63, 3.8) is 0 Å². The molecule has 2 aromatic rings. The molecule has 0 saturated carbocycles. The van der Waals surface area contributed by atoms with E-state index in [9.17, 15) is 5.53 Å². The summed E-state index contributed by atoms with van der Waals surface area (Å²) in [6, 6.07) is 9.65. The van der Waals surface area contributed by atoms with Crippen LogP contribution >= 0.6 is 0 Å². The van der Waals surface area contributed by atoms with Crippen LogP contribution in [0.2, 0.25) is 10.8 Å². The Labute approximate surface area is 448 Å². The normalized spacial score (nSPS) is 12.7. The molecule has 0 atom stereocenters. The third kappa shape index (κ3) is 24.9. The minimum absolute atomic E-state index is 0.875. The van der Waals surface area contributed by atoms with Crippen molar-refractivity contribution in [1.82, 2.24) is 0 Å². The maximum atomic E-state index is 12.9. The van der Waals surface area contributed by atoms with Crippen LogP contribution in [0.4, 0.5) is 0 Å². The van der Waals surface area contributed by atoms with Crippen molar-refractivity contribution in [3.8, 4) is 11.8 Å². The zero-order valence-corrected chi connectivity index (χ0v) is 49.5. The van der Waals surface area contributed by atoms with Crippen molar-refractivity contribution in [2.45, 2.75) is 311 Å². The summed E-state index contributed by atoms with van der Waals surface area (Å²) < 4.78 is 1.58. The van der Waals surface area contributed by atoms with Crippen LogP contribution in [0.3, 0.4) is 0 Å². The predicted octanol–water partition coefficient (Wildman–Crippen LogP) is 22.5. The van der Waals surface area contributed by atoms with Gasteiger partial charge in [-0.2, -0.15) is 0 Å². The van der Waals surface area contributed by atoms with Crippen molar-refractivity contribution in [1.29, 1.82) is 0 Å². The van der Waals surface area contributed by atoms with Gasteiger partial charge >= 0.3 is 39.1 Å². The van der Waals surface area contributed by atoms with Crippen LogP contribution in [0, 0.1) is 11.8 Å². The summed E-state index contributed by atoms with van der Waals surface area (Å²) in [6.45, 7) is 22.8. The first-order valence-electron chi connectivity index (χ1n) is 30.7. The van der Waals surface area contributed by atoms with E-state index in [4.69, 9.17) is 0 Å². The van der Waals surface area contributed by atoms with Crippen LogP contribution in [0.15, 0.2) is 47.6 Å². The minimum atomic E-state index is 0.875. The van der Waals surface area contributed by atoms with Crippen molar-refractivity contribution in [2.75, 3.05) is 0 Å². The number of allylic oxidation sites excluding steroid dienone is 4. The zero-order valence-electron chi connectivity index (χ0n) is 48.5. The fraction of sp³-hybridized carbons (Fsp3) is 0.706. The van der Waals surface area contributed by atoms with Crippen molar-refractivity contribution < 1.29 is 19.1 Å². The molecule has 3 rings (SSSR count). The third-order valence-corrected chi connectivity index (χ3v) is 15.6. The van der Waals surface area contributed by atoms with Gasteiger partial charge in [0.05, 0.1) is 5.57 Å². The van der Waals surface area contributed by atoms with Gasteiger partial charge in [-0.3, -0.25) is 0 Å². The molecule has 1 aliphatic rings. The van der Waals surface area contributed by atoms with E-state index < -0.39 is 0 Å². The van der Waals surface area contributed by atoms with E-state index in [2.05, 4.69) is 117 Å². The quantitative estimate of drug-likeness (QED) is 0.0275. The monoisotopic (exact) mass is 1010 g/mol. The second-order valence-corrected chi connectivity index (χ2v) is 22.6. The summed E-state index contributed by atoms with van der Waals surface area (Å²) in [6.07, 6.45) is 50.2. The molecule has 3 heteroatoms. The van der Waals surface area contributed by atoms with Crippen LogP contribution < -0.4 is 0 Å². The fourth-order valence-electron chi connectivity index (χ4n) is 10.8. The van der Waals surface area contributed by atoms with Crippen molar-refractivity contribution in [2.24, 2.45) is 0 Å². The van der Waals surface area contributed by atoms with Crippen molar-refractivity contribution >= 4 is 11.4 Å². The molecule has 1 heterocycles. The Morgan fingerprint density at radius 3 is 1.13 bits per heavy atom. The van der Waals surface area contributed by atoms with Gasteiger partial charge in [0, 0.05) is 17.5 Å². The van der Waals surface area contributed by atoms with Crippen LogP contribution in [0.5, 0.6) is 0 Å². The van der Waals surface area contributed by atoms with E-state index in [-0.39, 0.29) is 0 Å². The summed E-state index contributed by atoms with van der Waals surface area (Å²) in [4.78, 5) is 0. The van der Waals surface area contributed by atoms with Crippen LogP contribution in [-0.2, 0) is 53.0 Å². The Balaban J connectivity index is 0.00000328. The van der Waals surface area contributed by atoms with Gasteiger partial charge in [0.25, 0.3) is 0 Å². The number of hydrogen-bond donors (Lipinski definition) is 0. The molecule has 1 aliphatic heterocycles. The summed E-state index contributed by atoms with van der Waals surface area (Å²) in [5, 5.41) is 2.56. The molecular formula is C68H112N2Ni. The molecule has 0 amide bonds. The molecule has 0 radical (unpaired) electrons. The Bertz CT molecular complexity index is 1820. The van der Waals surface area contributed by atoms with Gasteiger partial charge < -0.3 is 5.53 Å². The number of benzene rings is 2.